The van der Waals surface area contributed by atoms with Crippen LogP contribution in [0.1, 0.15) is 44.2 Å². The Hall–Kier alpha value is -1.42. The molecule has 3 N–H and O–H groups in total. The zero-order chi connectivity index (χ0) is 15.4. The zero-order valence-electron chi connectivity index (χ0n) is 13.0. The van der Waals surface area contributed by atoms with Gasteiger partial charge in [-0.05, 0) is 50.3 Å². The van der Waals surface area contributed by atoms with Crippen LogP contribution < -0.4 is 5.73 Å². The Morgan fingerprint density at radius 3 is 2.81 bits per heavy atom. The van der Waals surface area contributed by atoms with Crippen molar-refractivity contribution >= 4 is 5.84 Å². The first-order valence-corrected chi connectivity index (χ1v) is 7.83. The van der Waals surface area contributed by atoms with Crippen LogP contribution in [0.3, 0.4) is 0 Å². The van der Waals surface area contributed by atoms with Gasteiger partial charge < -0.3 is 5.73 Å². The second kappa shape index (κ2) is 7.03. The third-order valence-corrected chi connectivity index (χ3v) is 4.57. The standard InChI is InChI=1S/C17H26FN3/c1-12(2)13-6-4-9-21(10-8-13)11-14-5-3-7-15(16(14)18)17(19)20/h3,5,7,12-13H,4,6,8-11H2,1-2H3,(H3,19,20). The lowest BCUT2D eigenvalue weighted by atomic mass is 9.89. The minimum Gasteiger partial charge on any atom is -0.384 e. The first-order chi connectivity index (χ1) is 9.99. The SMILES string of the molecule is CC(C)C1CCCN(Cc2cccc(C(=N)N)c2F)CC1. The molecule has 1 aliphatic rings. The number of nitrogen functional groups attached to an aromatic ring is 1. The molecule has 1 aromatic rings. The van der Waals surface area contributed by atoms with Gasteiger partial charge in [0.25, 0.3) is 0 Å². The van der Waals surface area contributed by atoms with E-state index in [-0.39, 0.29) is 17.2 Å². The van der Waals surface area contributed by atoms with Crippen LogP contribution in [0.25, 0.3) is 0 Å². The topological polar surface area (TPSA) is 53.1 Å². The predicted molar refractivity (Wildman–Crippen MR) is 84.9 cm³/mol. The number of nitrogens with one attached hydrogen (secondary N) is 1. The number of nitrogens with two attached hydrogens (primary N) is 1. The molecule has 1 atom stereocenters. The molecule has 0 radical (unpaired) electrons. The van der Waals surface area contributed by atoms with Crippen LogP contribution in [0.15, 0.2) is 18.2 Å². The highest BCUT2D eigenvalue weighted by atomic mass is 19.1. The average molecular weight is 291 g/mol. The van der Waals surface area contributed by atoms with Crippen molar-refractivity contribution in [2.75, 3.05) is 13.1 Å². The number of likely N-dealkylation sites (tertiary alicyclic amines) is 1. The second-order valence-corrected chi connectivity index (χ2v) is 6.40. The lowest BCUT2D eigenvalue weighted by Gasteiger charge is -2.22. The Morgan fingerprint density at radius 1 is 1.38 bits per heavy atom. The summed E-state index contributed by atoms with van der Waals surface area (Å²) in [5.74, 6) is 0.964. The number of nitrogens with zero attached hydrogens (tertiary/aromatic N) is 1. The Kier molecular flexibility index (Phi) is 5.34. The van der Waals surface area contributed by atoms with Gasteiger partial charge in [-0.1, -0.05) is 26.0 Å². The molecule has 3 nitrogen and oxygen atoms in total. The highest BCUT2D eigenvalue weighted by Gasteiger charge is 2.20. The molecule has 1 aromatic carbocycles. The van der Waals surface area contributed by atoms with Gasteiger partial charge in [0, 0.05) is 12.1 Å². The molecule has 2 rings (SSSR count). The summed E-state index contributed by atoms with van der Waals surface area (Å²) in [6.07, 6.45) is 3.63. The fourth-order valence-electron chi connectivity index (χ4n) is 3.16. The summed E-state index contributed by atoms with van der Waals surface area (Å²) in [4.78, 5) is 2.32. The van der Waals surface area contributed by atoms with Crippen LogP contribution in [-0.4, -0.2) is 23.8 Å². The molecule has 1 saturated heterocycles. The molecule has 4 heteroatoms. The van der Waals surface area contributed by atoms with Crippen LogP contribution in [0.5, 0.6) is 0 Å². The summed E-state index contributed by atoms with van der Waals surface area (Å²) in [6.45, 7) is 7.23. The third kappa shape index (κ3) is 4.03. The molecular weight excluding hydrogens is 265 g/mol. The molecule has 0 spiro atoms. The smallest absolute Gasteiger partial charge is 0.138 e. The maximum absolute atomic E-state index is 14.3. The number of hydrogen-bond acceptors (Lipinski definition) is 2. The van der Waals surface area contributed by atoms with Gasteiger partial charge in [0.15, 0.2) is 0 Å². The molecule has 116 valence electrons. The molecule has 1 unspecified atom stereocenters. The minimum atomic E-state index is -0.338. The van der Waals surface area contributed by atoms with E-state index >= 15 is 0 Å². The lowest BCUT2D eigenvalue weighted by molar-refractivity contribution is 0.261. The van der Waals surface area contributed by atoms with Gasteiger partial charge in [0.1, 0.15) is 11.7 Å². The van der Waals surface area contributed by atoms with Crippen LogP contribution in [0.2, 0.25) is 0 Å². The first-order valence-electron chi connectivity index (χ1n) is 7.83. The Balaban J connectivity index is 2.05. The minimum absolute atomic E-state index is 0.204. The summed E-state index contributed by atoms with van der Waals surface area (Å²) in [5.41, 5.74) is 6.28. The van der Waals surface area contributed by atoms with Crippen molar-refractivity contribution in [1.82, 2.24) is 4.90 Å². The van der Waals surface area contributed by atoms with Crippen molar-refractivity contribution in [3.05, 3.63) is 35.1 Å². The Bertz CT molecular complexity index is 499. The summed E-state index contributed by atoms with van der Waals surface area (Å²) in [5, 5.41) is 7.43. The third-order valence-electron chi connectivity index (χ3n) is 4.57. The van der Waals surface area contributed by atoms with E-state index in [9.17, 15) is 4.39 Å². The predicted octanol–water partition coefficient (Wildman–Crippen LogP) is 3.37. The highest BCUT2D eigenvalue weighted by molar-refractivity contribution is 5.95. The van der Waals surface area contributed by atoms with Gasteiger partial charge in [-0.25, -0.2) is 4.39 Å². The van der Waals surface area contributed by atoms with Crippen LogP contribution >= 0.6 is 0 Å². The van der Waals surface area contributed by atoms with E-state index in [2.05, 4.69) is 18.7 Å². The molecule has 0 amide bonds. The van der Waals surface area contributed by atoms with Crippen molar-refractivity contribution in [2.24, 2.45) is 17.6 Å². The maximum atomic E-state index is 14.3. The zero-order valence-corrected chi connectivity index (χ0v) is 13.0. The van der Waals surface area contributed by atoms with E-state index in [1.165, 1.54) is 19.3 Å². The molecule has 0 saturated carbocycles. The van der Waals surface area contributed by atoms with E-state index in [0.29, 0.717) is 12.1 Å². The number of rotatable bonds is 4. The largest absolute Gasteiger partial charge is 0.384 e. The van der Waals surface area contributed by atoms with E-state index in [1.54, 1.807) is 18.2 Å². The second-order valence-electron chi connectivity index (χ2n) is 6.40. The van der Waals surface area contributed by atoms with Crippen molar-refractivity contribution in [1.29, 1.82) is 5.41 Å². The normalized spacial score (nSPS) is 20.5. The summed E-state index contributed by atoms with van der Waals surface area (Å²) in [6, 6.07) is 5.15. The van der Waals surface area contributed by atoms with Gasteiger partial charge in [0.05, 0.1) is 5.56 Å². The van der Waals surface area contributed by atoms with Crippen LogP contribution in [0, 0.1) is 23.1 Å². The fourth-order valence-corrected chi connectivity index (χ4v) is 3.16. The Morgan fingerprint density at radius 2 is 2.14 bits per heavy atom. The average Bonchev–Trinajstić information content (AvgIpc) is 2.66. The maximum Gasteiger partial charge on any atom is 0.138 e. The van der Waals surface area contributed by atoms with Crippen molar-refractivity contribution in [3.63, 3.8) is 0 Å². The lowest BCUT2D eigenvalue weighted by Crippen LogP contribution is -2.26. The number of amidine groups is 1. The van der Waals surface area contributed by atoms with Gasteiger partial charge >= 0.3 is 0 Å². The molecule has 21 heavy (non-hydrogen) atoms. The molecule has 1 heterocycles. The molecule has 0 bridgehead atoms. The number of benzene rings is 1. The van der Waals surface area contributed by atoms with Gasteiger partial charge in [-0.3, -0.25) is 10.3 Å². The quantitative estimate of drug-likeness (QED) is 0.660. The number of hydrogen-bond donors (Lipinski definition) is 2. The van der Waals surface area contributed by atoms with Crippen molar-refractivity contribution in [2.45, 2.75) is 39.7 Å². The van der Waals surface area contributed by atoms with E-state index in [4.69, 9.17) is 11.1 Å². The molecular formula is C17H26FN3. The highest BCUT2D eigenvalue weighted by Crippen LogP contribution is 2.25. The first kappa shape index (κ1) is 16.0. The molecule has 0 aliphatic carbocycles. The van der Waals surface area contributed by atoms with E-state index in [1.807, 2.05) is 0 Å². The van der Waals surface area contributed by atoms with Gasteiger partial charge in [-0.2, -0.15) is 0 Å². The van der Waals surface area contributed by atoms with Crippen LogP contribution in [0.4, 0.5) is 4.39 Å². The van der Waals surface area contributed by atoms with Gasteiger partial charge in [0.2, 0.25) is 0 Å². The van der Waals surface area contributed by atoms with E-state index < -0.39 is 0 Å². The monoisotopic (exact) mass is 291 g/mol. The number of halogens is 1. The summed E-state index contributed by atoms with van der Waals surface area (Å²) < 4.78 is 14.3. The van der Waals surface area contributed by atoms with Gasteiger partial charge in [-0.15, -0.1) is 0 Å². The van der Waals surface area contributed by atoms with Crippen molar-refractivity contribution < 1.29 is 4.39 Å². The molecule has 1 fully saturated rings. The summed E-state index contributed by atoms with van der Waals surface area (Å²) >= 11 is 0. The molecule has 0 aromatic heterocycles. The van der Waals surface area contributed by atoms with E-state index in [0.717, 1.165) is 24.9 Å². The summed E-state index contributed by atoms with van der Waals surface area (Å²) in [7, 11) is 0. The fraction of sp³-hybridized carbons (Fsp3) is 0.588. The van der Waals surface area contributed by atoms with Crippen LogP contribution in [-0.2, 0) is 6.54 Å². The van der Waals surface area contributed by atoms with Crippen molar-refractivity contribution in [3.8, 4) is 0 Å². The Labute approximate surface area is 126 Å². The molecule has 1 aliphatic heterocycles.